The maximum atomic E-state index is 13.9. The number of rotatable bonds is 6. The lowest BCUT2D eigenvalue weighted by atomic mass is 9.90. The van der Waals surface area contributed by atoms with Crippen molar-refractivity contribution >= 4 is 45.1 Å². The largest absolute Gasteiger partial charge is 0.493 e. The highest BCUT2D eigenvalue weighted by atomic mass is 79.9. The highest BCUT2D eigenvalue weighted by Crippen LogP contribution is 2.48. The van der Waals surface area contributed by atoms with Crippen LogP contribution in [0, 0.1) is 5.92 Å². The summed E-state index contributed by atoms with van der Waals surface area (Å²) in [5.41, 5.74) is 2.23. The Kier molecular flexibility index (Phi) is 6.83. The van der Waals surface area contributed by atoms with Crippen molar-refractivity contribution in [2.24, 2.45) is 5.92 Å². The van der Waals surface area contributed by atoms with Gasteiger partial charge >= 0.3 is 5.97 Å². The van der Waals surface area contributed by atoms with Crippen molar-refractivity contribution in [3.05, 3.63) is 119 Å². The first kappa shape index (κ1) is 25.8. The average Bonchev–Trinajstić information content (AvgIpc) is 3.50. The molecular weight excluding hydrogens is 576 g/mol. The first-order chi connectivity index (χ1) is 19.5. The van der Waals surface area contributed by atoms with Crippen LogP contribution in [-0.2, 0) is 14.4 Å². The van der Waals surface area contributed by atoms with Crippen molar-refractivity contribution in [2.75, 3.05) is 17.1 Å². The Labute approximate surface area is 238 Å². The van der Waals surface area contributed by atoms with Gasteiger partial charge in [-0.2, -0.15) is 0 Å². The number of hydrogen-bond acceptors (Lipinski definition) is 7. The van der Waals surface area contributed by atoms with Gasteiger partial charge in [-0.1, -0.05) is 58.4 Å². The smallest absolute Gasteiger partial charge is 0.343 e. The van der Waals surface area contributed by atoms with Gasteiger partial charge in [0, 0.05) is 4.47 Å². The fraction of sp³-hybridized carbons (Fsp3) is 0.129. The van der Waals surface area contributed by atoms with Gasteiger partial charge < -0.3 is 9.47 Å². The van der Waals surface area contributed by atoms with Crippen LogP contribution in [-0.4, -0.2) is 31.0 Å². The van der Waals surface area contributed by atoms with Gasteiger partial charge in [0.05, 0.1) is 30.1 Å². The summed E-state index contributed by atoms with van der Waals surface area (Å²) in [6.45, 7) is 0. The summed E-state index contributed by atoms with van der Waals surface area (Å²) in [5, 5.41) is 1.61. The summed E-state index contributed by atoms with van der Waals surface area (Å²) >= 11 is 3.39. The molecule has 2 aliphatic heterocycles. The first-order valence-corrected chi connectivity index (χ1v) is 13.3. The monoisotopic (exact) mass is 598 g/mol. The lowest BCUT2D eigenvalue weighted by Gasteiger charge is -2.29. The third-order valence-electron chi connectivity index (χ3n) is 6.95. The Hall–Kier alpha value is -4.47. The Morgan fingerprint density at radius 2 is 1.48 bits per heavy atom. The molecule has 8 nitrogen and oxygen atoms in total. The highest BCUT2D eigenvalue weighted by molar-refractivity contribution is 9.10. The van der Waals surface area contributed by atoms with Crippen LogP contribution < -0.4 is 19.4 Å². The lowest BCUT2D eigenvalue weighted by Crippen LogP contribution is -2.37. The van der Waals surface area contributed by atoms with Gasteiger partial charge in [-0.15, -0.1) is 0 Å². The number of methoxy groups -OCH3 is 1. The zero-order chi connectivity index (χ0) is 27.8. The van der Waals surface area contributed by atoms with E-state index in [0.717, 1.165) is 4.47 Å². The van der Waals surface area contributed by atoms with Crippen molar-refractivity contribution in [3.63, 3.8) is 0 Å². The lowest BCUT2D eigenvalue weighted by molar-refractivity contribution is -0.126. The Balaban J connectivity index is 1.38. The van der Waals surface area contributed by atoms with Gasteiger partial charge in [-0.05, 0) is 66.2 Å². The molecule has 0 unspecified atom stereocenters. The predicted octanol–water partition coefficient (Wildman–Crippen LogP) is 5.73. The number of nitrogens with zero attached hydrogens (tertiary/aromatic N) is 2. The van der Waals surface area contributed by atoms with E-state index < -0.39 is 29.9 Å². The van der Waals surface area contributed by atoms with Crippen LogP contribution in [0.15, 0.2) is 108 Å². The topological polar surface area (TPSA) is 85.4 Å². The number of halogens is 1. The summed E-state index contributed by atoms with van der Waals surface area (Å²) in [6.07, 6.45) is -1.01. The van der Waals surface area contributed by atoms with Crippen LogP contribution in [0.25, 0.3) is 0 Å². The van der Waals surface area contributed by atoms with Gasteiger partial charge in [-0.3, -0.25) is 14.4 Å². The molecular formula is C31H23BrN2O6. The quantitative estimate of drug-likeness (QED) is 0.159. The Morgan fingerprint density at radius 1 is 0.800 bits per heavy atom. The van der Waals surface area contributed by atoms with E-state index in [4.69, 9.17) is 14.3 Å². The maximum absolute atomic E-state index is 13.9. The number of carbonyl (C=O) groups excluding carboxylic acids is 3. The number of benzene rings is 4. The van der Waals surface area contributed by atoms with Crippen molar-refractivity contribution in [1.29, 1.82) is 0 Å². The molecule has 0 aromatic heterocycles. The second-order valence-electron chi connectivity index (χ2n) is 9.31. The maximum Gasteiger partial charge on any atom is 0.343 e. The first-order valence-electron chi connectivity index (χ1n) is 12.6. The van der Waals surface area contributed by atoms with E-state index in [1.54, 1.807) is 71.8 Å². The molecule has 0 saturated carbocycles. The van der Waals surface area contributed by atoms with Crippen LogP contribution >= 0.6 is 15.9 Å². The summed E-state index contributed by atoms with van der Waals surface area (Å²) < 4.78 is 12.0. The number of fused-ring (bicyclic) bond motifs is 1. The number of ether oxygens (including phenoxy) is 2. The normalized spacial score (nSPS) is 20.0. The second-order valence-corrected chi connectivity index (χ2v) is 10.2. The zero-order valence-corrected chi connectivity index (χ0v) is 22.9. The minimum absolute atomic E-state index is 0.229. The SMILES string of the molecule is COc1cc([C@@H]2[C@H]3C(=O)N(c4ccc(Br)cc4)C(=O)[C@H]3ON2c2ccccc2)ccc1OC(=O)c1ccccc1. The molecule has 2 saturated heterocycles. The fourth-order valence-electron chi connectivity index (χ4n) is 5.08. The van der Waals surface area contributed by atoms with E-state index in [1.807, 2.05) is 36.4 Å². The Bertz CT molecular complexity index is 1580. The number of hydroxylamine groups is 1. The van der Waals surface area contributed by atoms with Crippen molar-refractivity contribution in [2.45, 2.75) is 12.1 Å². The van der Waals surface area contributed by atoms with E-state index in [2.05, 4.69) is 15.9 Å². The number of para-hydroxylation sites is 1. The molecule has 40 heavy (non-hydrogen) atoms. The molecule has 4 aromatic carbocycles. The molecule has 2 amide bonds. The van der Waals surface area contributed by atoms with Crippen molar-refractivity contribution in [1.82, 2.24) is 0 Å². The summed E-state index contributed by atoms with van der Waals surface area (Å²) in [6, 6.07) is 29.3. The predicted molar refractivity (Wildman–Crippen MR) is 151 cm³/mol. The number of esters is 1. The van der Waals surface area contributed by atoms with Crippen LogP contribution in [0.3, 0.4) is 0 Å². The number of carbonyl (C=O) groups is 3. The van der Waals surface area contributed by atoms with E-state index in [9.17, 15) is 14.4 Å². The molecule has 2 aliphatic rings. The molecule has 2 heterocycles. The van der Waals surface area contributed by atoms with Crippen LogP contribution in [0.1, 0.15) is 22.0 Å². The molecule has 2 fully saturated rings. The van der Waals surface area contributed by atoms with E-state index in [0.29, 0.717) is 28.3 Å². The number of anilines is 2. The highest BCUT2D eigenvalue weighted by Gasteiger charge is 2.60. The molecule has 6 rings (SSSR count). The summed E-state index contributed by atoms with van der Waals surface area (Å²) in [4.78, 5) is 47.5. The fourth-order valence-corrected chi connectivity index (χ4v) is 5.35. The minimum atomic E-state index is -1.01. The molecule has 9 heteroatoms. The van der Waals surface area contributed by atoms with E-state index >= 15 is 0 Å². The third-order valence-corrected chi connectivity index (χ3v) is 7.48. The van der Waals surface area contributed by atoms with E-state index in [-0.39, 0.29) is 11.7 Å². The van der Waals surface area contributed by atoms with Gasteiger partial charge in [0.15, 0.2) is 17.6 Å². The average molecular weight is 599 g/mol. The third kappa shape index (κ3) is 4.53. The number of hydrogen-bond donors (Lipinski definition) is 0. The van der Waals surface area contributed by atoms with Gasteiger partial charge in [-0.25, -0.2) is 14.8 Å². The molecule has 200 valence electrons. The molecule has 0 N–H and O–H groups in total. The van der Waals surface area contributed by atoms with Gasteiger partial charge in [0.25, 0.3) is 5.91 Å². The van der Waals surface area contributed by atoms with Crippen LogP contribution in [0.2, 0.25) is 0 Å². The zero-order valence-electron chi connectivity index (χ0n) is 21.3. The standard InChI is InChI=1S/C31H23BrN2O6/c1-38-25-18-20(12-17-24(25)39-31(37)19-8-4-2-5-9-19)27-26-28(40-34(27)23-10-6-3-7-11-23)30(36)33(29(26)35)22-15-13-21(32)14-16-22/h2-18,26-28H,1H3/t26-,27-,28+/m1/s1. The summed E-state index contributed by atoms with van der Waals surface area (Å²) in [7, 11) is 1.47. The van der Waals surface area contributed by atoms with Crippen LogP contribution in [0.4, 0.5) is 11.4 Å². The molecule has 4 aromatic rings. The molecule has 0 aliphatic carbocycles. The summed E-state index contributed by atoms with van der Waals surface area (Å²) in [5.74, 6) is -1.60. The number of imide groups is 1. The van der Waals surface area contributed by atoms with Crippen molar-refractivity contribution in [3.8, 4) is 11.5 Å². The van der Waals surface area contributed by atoms with Crippen LogP contribution in [0.5, 0.6) is 11.5 Å². The Morgan fingerprint density at radius 3 is 2.15 bits per heavy atom. The molecule has 3 atom stereocenters. The van der Waals surface area contributed by atoms with E-state index in [1.165, 1.54) is 12.0 Å². The second kappa shape index (κ2) is 10.6. The minimum Gasteiger partial charge on any atom is -0.493 e. The molecule has 0 spiro atoms. The molecule has 0 radical (unpaired) electrons. The van der Waals surface area contributed by atoms with Crippen molar-refractivity contribution < 1.29 is 28.7 Å². The van der Waals surface area contributed by atoms with Gasteiger partial charge in [0.2, 0.25) is 5.91 Å². The number of amides is 2. The van der Waals surface area contributed by atoms with Gasteiger partial charge in [0.1, 0.15) is 5.92 Å². The molecule has 0 bridgehead atoms.